The monoisotopic (exact) mass is 178 g/mol. The number of pyridine rings is 1. The Morgan fingerprint density at radius 3 is 3.17 bits per heavy atom. The van der Waals surface area contributed by atoms with E-state index >= 15 is 0 Å². The highest BCUT2D eigenvalue weighted by Crippen LogP contribution is 2.17. The van der Waals surface area contributed by atoms with Gasteiger partial charge in [-0.1, -0.05) is 6.92 Å². The zero-order valence-corrected chi connectivity index (χ0v) is 7.77. The molecule has 1 aromatic heterocycles. The van der Waals surface area contributed by atoms with Gasteiger partial charge in [0.15, 0.2) is 0 Å². The molecular weight excluding hydrogens is 168 g/mol. The van der Waals surface area contributed by atoms with Crippen LogP contribution in [0.2, 0.25) is 0 Å². The molecule has 0 aliphatic heterocycles. The highest BCUT2D eigenvalue weighted by atomic mass is 32.2. The van der Waals surface area contributed by atoms with Crippen LogP contribution in [0, 0.1) is 11.3 Å². The van der Waals surface area contributed by atoms with Crippen LogP contribution < -0.4 is 0 Å². The molecule has 2 nitrogen and oxygen atoms in total. The van der Waals surface area contributed by atoms with E-state index in [1.807, 2.05) is 18.2 Å². The van der Waals surface area contributed by atoms with E-state index in [9.17, 15) is 0 Å². The average molecular weight is 178 g/mol. The molecule has 0 aromatic carbocycles. The van der Waals surface area contributed by atoms with Gasteiger partial charge in [-0.25, -0.2) is 4.98 Å². The maximum absolute atomic E-state index is 8.57. The van der Waals surface area contributed by atoms with Gasteiger partial charge in [-0.2, -0.15) is 5.26 Å². The van der Waals surface area contributed by atoms with Crippen LogP contribution in [0.15, 0.2) is 23.2 Å². The minimum Gasteiger partial charge on any atom is -0.245 e. The van der Waals surface area contributed by atoms with Crippen LogP contribution in [0.25, 0.3) is 0 Å². The molecule has 0 saturated heterocycles. The van der Waals surface area contributed by atoms with Crippen molar-refractivity contribution in [2.75, 3.05) is 5.75 Å². The number of nitrogens with zero attached hydrogens (tertiary/aromatic N) is 2. The van der Waals surface area contributed by atoms with Gasteiger partial charge in [-0.15, -0.1) is 11.8 Å². The Bertz CT molecular complexity index is 291. The summed E-state index contributed by atoms with van der Waals surface area (Å²) in [6.07, 6.45) is 2.82. The van der Waals surface area contributed by atoms with Gasteiger partial charge in [0.1, 0.15) is 11.8 Å². The van der Waals surface area contributed by atoms with Gasteiger partial charge >= 0.3 is 0 Å². The Morgan fingerprint density at radius 1 is 1.67 bits per heavy atom. The van der Waals surface area contributed by atoms with Gasteiger partial charge in [0.25, 0.3) is 0 Å². The van der Waals surface area contributed by atoms with Crippen LogP contribution >= 0.6 is 11.8 Å². The first-order chi connectivity index (χ1) is 5.86. The molecule has 1 aromatic rings. The number of nitriles is 1. The quantitative estimate of drug-likeness (QED) is 0.667. The normalized spacial score (nSPS) is 9.33. The lowest BCUT2D eigenvalue weighted by molar-refractivity contribution is 1.10. The van der Waals surface area contributed by atoms with Gasteiger partial charge < -0.3 is 0 Å². The van der Waals surface area contributed by atoms with Crippen LogP contribution in [-0.4, -0.2) is 10.7 Å². The highest BCUT2D eigenvalue weighted by Gasteiger charge is 1.95. The standard InChI is InChI=1S/C9H10N2S/c1-2-5-12-9-3-4-11-8(6-9)7-10/h3-4,6H,2,5H2,1H3. The van der Waals surface area contributed by atoms with Crippen molar-refractivity contribution in [3.63, 3.8) is 0 Å². The fraction of sp³-hybridized carbons (Fsp3) is 0.333. The minimum atomic E-state index is 0.496. The maximum atomic E-state index is 8.57. The van der Waals surface area contributed by atoms with Crippen molar-refractivity contribution in [3.8, 4) is 6.07 Å². The minimum absolute atomic E-state index is 0.496. The lowest BCUT2D eigenvalue weighted by Gasteiger charge is -1.97. The molecule has 0 fully saturated rings. The number of aromatic nitrogens is 1. The third-order valence-corrected chi connectivity index (χ3v) is 2.52. The smallest absolute Gasteiger partial charge is 0.141 e. The Labute approximate surface area is 76.6 Å². The summed E-state index contributed by atoms with van der Waals surface area (Å²) in [6.45, 7) is 2.14. The Hall–Kier alpha value is -1.01. The molecule has 0 N–H and O–H groups in total. The molecule has 1 heterocycles. The first-order valence-corrected chi connectivity index (χ1v) is 4.84. The highest BCUT2D eigenvalue weighted by molar-refractivity contribution is 7.99. The van der Waals surface area contributed by atoms with E-state index in [1.165, 1.54) is 0 Å². The summed E-state index contributed by atoms with van der Waals surface area (Å²) >= 11 is 1.76. The summed E-state index contributed by atoms with van der Waals surface area (Å²) in [5.74, 6) is 1.09. The van der Waals surface area contributed by atoms with E-state index in [0.29, 0.717) is 5.69 Å². The van der Waals surface area contributed by atoms with E-state index < -0.39 is 0 Å². The summed E-state index contributed by atoms with van der Waals surface area (Å²) in [6, 6.07) is 5.77. The van der Waals surface area contributed by atoms with Crippen LogP contribution in [0.5, 0.6) is 0 Å². The second-order valence-corrected chi connectivity index (χ2v) is 3.51. The molecule has 12 heavy (non-hydrogen) atoms. The second-order valence-electron chi connectivity index (χ2n) is 2.34. The van der Waals surface area contributed by atoms with Crippen LogP contribution in [-0.2, 0) is 0 Å². The number of thioether (sulfide) groups is 1. The van der Waals surface area contributed by atoms with Crippen molar-refractivity contribution in [1.82, 2.24) is 4.98 Å². The third kappa shape index (κ3) is 2.55. The average Bonchev–Trinajstić information content (AvgIpc) is 2.15. The number of hydrogen-bond acceptors (Lipinski definition) is 3. The third-order valence-electron chi connectivity index (χ3n) is 1.32. The van der Waals surface area contributed by atoms with Crippen molar-refractivity contribution in [2.45, 2.75) is 18.2 Å². The zero-order chi connectivity index (χ0) is 8.81. The molecule has 0 saturated carbocycles. The van der Waals surface area contributed by atoms with Crippen molar-refractivity contribution < 1.29 is 0 Å². The van der Waals surface area contributed by atoms with E-state index in [4.69, 9.17) is 5.26 Å². The molecule has 0 bridgehead atoms. The molecule has 3 heteroatoms. The van der Waals surface area contributed by atoms with E-state index in [2.05, 4.69) is 11.9 Å². The predicted octanol–water partition coefficient (Wildman–Crippen LogP) is 2.46. The van der Waals surface area contributed by atoms with Crippen LogP contribution in [0.4, 0.5) is 0 Å². The topological polar surface area (TPSA) is 36.7 Å². The molecule has 0 unspecified atom stereocenters. The van der Waals surface area contributed by atoms with Crippen molar-refractivity contribution in [2.24, 2.45) is 0 Å². The molecule has 62 valence electrons. The van der Waals surface area contributed by atoms with Gasteiger partial charge in [-0.3, -0.25) is 0 Å². The summed E-state index contributed by atoms with van der Waals surface area (Å²) in [7, 11) is 0. The summed E-state index contributed by atoms with van der Waals surface area (Å²) in [5.41, 5.74) is 0.496. The fourth-order valence-electron chi connectivity index (χ4n) is 0.782. The zero-order valence-electron chi connectivity index (χ0n) is 6.95. The van der Waals surface area contributed by atoms with E-state index in [0.717, 1.165) is 17.1 Å². The van der Waals surface area contributed by atoms with Crippen molar-refractivity contribution >= 4 is 11.8 Å². The molecule has 0 spiro atoms. The first kappa shape index (κ1) is 9.08. The van der Waals surface area contributed by atoms with Crippen LogP contribution in [0.3, 0.4) is 0 Å². The molecule has 1 rings (SSSR count). The Balaban J connectivity index is 2.68. The van der Waals surface area contributed by atoms with Crippen LogP contribution in [0.1, 0.15) is 19.0 Å². The Morgan fingerprint density at radius 2 is 2.50 bits per heavy atom. The van der Waals surface area contributed by atoms with Gasteiger partial charge in [0, 0.05) is 11.1 Å². The summed E-state index contributed by atoms with van der Waals surface area (Å²) < 4.78 is 0. The largest absolute Gasteiger partial charge is 0.245 e. The first-order valence-electron chi connectivity index (χ1n) is 3.85. The number of hydrogen-bond donors (Lipinski definition) is 0. The van der Waals surface area contributed by atoms with Crippen molar-refractivity contribution in [1.29, 1.82) is 5.26 Å². The molecular formula is C9H10N2S. The molecule has 0 aliphatic rings. The van der Waals surface area contributed by atoms with E-state index in [-0.39, 0.29) is 0 Å². The Kier molecular flexibility index (Phi) is 3.62. The summed E-state index contributed by atoms with van der Waals surface area (Å²) in [5, 5.41) is 8.57. The molecule has 0 atom stereocenters. The lowest BCUT2D eigenvalue weighted by Crippen LogP contribution is -1.82. The van der Waals surface area contributed by atoms with E-state index in [1.54, 1.807) is 18.0 Å². The van der Waals surface area contributed by atoms with Gasteiger partial charge in [0.2, 0.25) is 0 Å². The molecule has 0 radical (unpaired) electrons. The van der Waals surface area contributed by atoms with Gasteiger partial charge in [-0.05, 0) is 24.3 Å². The van der Waals surface area contributed by atoms with Gasteiger partial charge in [0.05, 0.1) is 0 Å². The second kappa shape index (κ2) is 4.78. The van der Waals surface area contributed by atoms with Crippen molar-refractivity contribution in [3.05, 3.63) is 24.0 Å². The maximum Gasteiger partial charge on any atom is 0.141 e. The predicted molar refractivity (Wildman–Crippen MR) is 50.0 cm³/mol. The fourth-order valence-corrected chi connectivity index (χ4v) is 1.57. The SMILES string of the molecule is CCCSc1ccnc(C#N)c1. The number of rotatable bonds is 3. The summed E-state index contributed by atoms with van der Waals surface area (Å²) in [4.78, 5) is 5.02. The molecule has 0 amide bonds. The molecule has 0 aliphatic carbocycles. The lowest BCUT2D eigenvalue weighted by atomic mass is 10.4.